The van der Waals surface area contributed by atoms with E-state index in [0.29, 0.717) is 13.2 Å². The van der Waals surface area contributed by atoms with Gasteiger partial charge < -0.3 is 20.3 Å². The Kier molecular flexibility index (Phi) is 6.47. The molecular weight excluding hydrogens is 218 g/mol. The van der Waals surface area contributed by atoms with Gasteiger partial charge in [0.25, 0.3) is 0 Å². The molecule has 1 saturated heterocycles. The lowest BCUT2D eigenvalue weighted by atomic mass is 10.0. The quantitative estimate of drug-likeness (QED) is 0.602. The Morgan fingerprint density at radius 1 is 1.47 bits per heavy atom. The molecule has 2 unspecified atom stereocenters. The van der Waals surface area contributed by atoms with Gasteiger partial charge in [-0.3, -0.25) is 4.79 Å². The summed E-state index contributed by atoms with van der Waals surface area (Å²) in [6.45, 7) is 5.86. The van der Waals surface area contributed by atoms with E-state index in [1.807, 2.05) is 19.0 Å². The van der Waals surface area contributed by atoms with Crippen molar-refractivity contribution in [2.75, 3.05) is 46.9 Å². The fourth-order valence-corrected chi connectivity index (χ4v) is 2.15. The van der Waals surface area contributed by atoms with Crippen LogP contribution in [0.5, 0.6) is 0 Å². The topological polar surface area (TPSA) is 53.6 Å². The van der Waals surface area contributed by atoms with Crippen molar-refractivity contribution >= 4 is 5.91 Å². The van der Waals surface area contributed by atoms with Crippen molar-refractivity contribution < 1.29 is 9.53 Å². The van der Waals surface area contributed by atoms with E-state index < -0.39 is 0 Å². The highest BCUT2D eigenvalue weighted by atomic mass is 16.5. The fourth-order valence-electron chi connectivity index (χ4n) is 2.15. The molecule has 0 aromatic carbocycles. The molecule has 1 aliphatic heterocycles. The summed E-state index contributed by atoms with van der Waals surface area (Å²) < 4.78 is 5.40. The van der Waals surface area contributed by atoms with E-state index in [2.05, 4.69) is 17.6 Å². The molecular formula is C12H25N3O2. The second-order valence-corrected chi connectivity index (χ2v) is 4.53. The summed E-state index contributed by atoms with van der Waals surface area (Å²) in [6.07, 6.45) is 0.984. The highest BCUT2D eigenvalue weighted by Gasteiger charge is 2.34. The summed E-state index contributed by atoms with van der Waals surface area (Å²) in [6, 6.07) is 0.180. The van der Waals surface area contributed by atoms with E-state index in [1.54, 1.807) is 0 Å². The van der Waals surface area contributed by atoms with Gasteiger partial charge in [0.1, 0.15) is 0 Å². The fraction of sp³-hybridized carbons (Fsp3) is 0.917. The second-order valence-electron chi connectivity index (χ2n) is 4.53. The number of carbonyl (C=O) groups excluding carboxylic acids is 1. The lowest BCUT2D eigenvalue weighted by molar-refractivity contribution is -0.134. The molecule has 1 rings (SSSR count). The number of nitrogens with one attached hydrogen (secondary N) is 2. The molecule has 5 nitrogen and oxygen atoms in total. The molecule has 1 fully saturated rings. The Morgan fingerprint density at radius 3 is 2.88 bits per heavy atom. The summed E-state index contributed by atoms with van der Waals surface area (Å²) in [7, 11) is 3.80. The van der Waals surface area contributed by atoms with Gasteiger partial charge in [-0.05, 0) is 26.6 Å². The number of hydrogen-bond donors (Lipinski definition) is 2. The largest absolute Gasteiger partial charge is 0.379 e. The van der Waals surface area contributed by atoms with Crippen LogP contribution in [0, 0.1) is 5.92 Å². The van der Waals surface area contributed by atoms with Gasteiger partial charge in [-0.1, -0.05) is 6.92 Å². The number of amides is 1. The molecule has 1 aliphatic rings. The van der Waals surface area contributed by atoms with Crippen molar-refractivity contribution in [3.8, 4) is 0 Å². The van der Waals surface area contributed by atoms with Crippen molar-refractivity contribution in [3.63, 3.8) is 0 Å². The van der Waals surface area contributed by atoms with E-state index in [1.165, 1.54) is 0 Å². The van der Waals surface area contributed by atoms with E-state index in [-0.39, 0.29) is 17.9 Å². The van der Waals surface area contributed by atoms with Gasteiger partial charge in [-0.25, -0.2) is 0 Å². The normalized spacial score (nSPS) is 23.9. The smallest absolute Gasteiger partial charge is 0.229 e. The summed E-state index contributed by atoms with van der Waals surface area (Å²) in [4.78, 5) is 14.0. The number of rotatable bonds is 7. The molecule has 0 aromatic rings. The molecule has 2 atom stereocenters. The first kappa shape index (κ1) is 14.4. The van der Waals surface area contributed by atoms with Crippen molar-refractivity contribution in [2.24, 2.45) is 5.92 Å². The number of hydrogen-bond acceptors (Lipinski definition) is 4. The summed E-state index contributed by atoms with van der Waals surface area (Å²) in [5.41, 5.74) is 0. The van der Waals surface area contributed by atoms with Gasteiger partial charge in [0, 0.05) is 19.6 Å². The zero-order chi connectivity index (χ0) is 12.7. The van der Waals surface area contributed by atoms with Crippen LogP contribution in [0.3, 0.4) is 0 Å². The third kappa shape index (κ3) is 4.26. The van der Waals surface area contributed by atoms with Crippen LogP contribution in [0.1, 0.15) is 13.3 Å². The van der Waals surface area contributed by atoms with Crippen molar-refractivity contribution in [3.05, 3.63) is 0 Å². The molecule has 1 heterocycles. The standard InChI is InChI=1S/C12H25N3O2/c1-4-14-11-9-17-8-10(11)12(16)15(3)7-5-6-13-2/h10-11,13-14H,4-9H2,1-3H3. The summed E-state index contributed by atoms with van der Waals surface area (Å²) in [5.74, 6) is 0.180. The van der Waals surface area contributed by atoms with Gasteiger partial charge in [0.2, 0.25) is 5.91 Å². The van der Waals surface area contributed by atoms with Crippen LogP contribution in [0.15, 0.2) is 0 Å². The number of ether oxygens (including phenoxy) is 1. The van der Waals surface area contributed by atoms with Crippen LogP contribution in [0.25, 0.3) is 0 Å². The lowest BCUT2D eigenvalue weighted by Gasteiger charge is -2.24. The monoisotopic (exact) mass is 243 g/mol. The molecule has 5 heteroatoms. The van der Waals surface area contributed by atoms with E-state index >= 15 is 0 Å². The van der Waals surface area contributed by atoms with Crippen LogP contribution < -0.4 is 10.6 Å². The van der Waals surface area contributed by atoms with E-state index in [4.69, 9.17) is 4.74 Å². The van der Waals surface area contributed by atoms with E-state index in [9.17, 15) is 4.79 Å². The highest BCUT2D eigenvalue weighted by Crippen LogP contribution is 2.16. The minimum Gasteiger partial charge on any atom is -0.379 e. The zero-order valence-corrected chi connectivity index (χ0v) is 11.2. The second kappa shape index (κ2) is 7.63. The molecule has 0 saturated carbocycles. The van der Waals surface area contributed by atoms with E-state index in [0.717, 1.165) is 26.1 Å². The first-order chi connectivity index (χ1) is 8.20. The third-order valence-electron chi connectivity index (χ3n) is 3.16. The van der Waals surface area contributed by atoms with Gasteiger partial charge in [0.05, 0.1) is 19.1 Å². The Bertz CT molecular complexity index is 236. The van der Waals surface area contributed by atoms with Crippen molar-refractivity contribution in [1.29, 1.82) is 0 Å². The predicted octanol–water partition coefficient (Wildman–Crippen LogP) is -0.321. The molecule has 0 bridgehead atoms. The van der Waals surface area contributed by atoms with Crippen LogP contribution in [0.2, 0.25) is 0 Å². The molecule has 1 amide bonds. The molecule has 100 valence electrons. The maximum absolute atomic E-state index is 12.2. The zero-order valence-electron chi connectivity index (χ0n) is 11.2. The third-order valence-corrected chi connectivity index (χ3v) is 3.16. The maximum Gasteiger partial charge on any atom is 0.229 e. The number of likely N-dealkylation sites (N-methyl/N-ethyl adjacent to an activating group) is 1. The first-order valence-corrected chi connectivity index (χ1v) is 6.41. The average molecular weight is 243 g/mol. The molecule has 0 aromatic heterocycles. The number of nitrogens with zero attached hydrogens (tertiary/aromatic N) is 1. The minimum atomic E-state index is -0.0189. The number of carbonyl (C=O) groups is 1. The maximum atomic E-state index is 12.2. The van der Waals surface area contributed by atoms with Crippen molar-refractivity contribution in [1.82, 2.24) is 15.5 Å². The molecule has 0 radical (unpaired) electrons. The summed E-state index contributed by atoms with van der Waals surface area (Å²) >= 11 is 0. The van der Waals surface area contributed by atoms with Crippen molar-refractivity contribution in [2.45, 2.75) is 19.4 Å². The molecule has 0 aliphatic carbocycles. The Hall–Kier alpha value is -0.650. The predicted molar refractivity (Wildman–Crippen MR) is 68.0 cm³/mol. The molecule has 17 heavy (non-hydrogen) atoms. The Labute approximate surface area is 104 Å². The molecule has 0 spiro atoms. The van der Waals surface area contributed by atoms with Crippen LogP contribution >= 0.6 is 0 Å². The summed E-state index contributed by atoms with van der Waals surface area (Å²) in [5, 5.41) is 6.40. The highest BCUT2D eigenvalue weighted by molar-refractivity contribution is 5.79. The van der Waals surface area contributed by atoms with Crippen LogP contribution in [-0.2, 0) is 9.53 Å². The first-order valence-electron chi connectivity index (χ1n) is 6.41. The van der Waals surface area contributed by atoms with Gasteiger partial charge in [-0.2, -0.15) is 0 Å². The average Bonchev–Trinajstić information content (AvgIpc) is 2.77. The lowest BCUT2D eigenvalue weighted by Crippen LogP contribution is -2.45. The van der Waals surface area contributed by atoms with Crippen LogP contribution in [0.4, 0.5) is 0 Å². The Balaban J connectivity index is 2.39. The van der Waals surface area contributed by atoms with Gasteiger partial charge >= 0.3 is 0 Å². The van der Waals surface area contributed by atoms with Gasteiger partial charge in [0.15, 0.2) is 0 Å². The van der Waals surface area contributed by atoms with Gasteiger partial charge in [-0.15, -0.1) is 0 Å². The van der Waals surface area contributed by atoms with Crippen LogP contribution in [-0.4, -0.2) is 63.8 Å². The Morgan fingerprint density at radius 2 is 2.24 bits per heavy atom. The minimum absolute atomic E-state index is 0.0189. The SMILES string of the molecule is CCNC1COCC1C(=O)N(C)CCCNC. The molecule has 2 N–H and O–H groups in total.